The van der Waals surface area contributed by atoms with E-state index in [1.54, 1.807) is 12.1 Å². The number of benzene rings is 1. The van der Waals surface area contributed by atoms with Crippen LogP contribution in [0.2, 0.25) is 0 Å². The molecule has 0 saturated carbocycles. The van der Waals surface area contributed by atoms with Crippen LogP contribution >= 0.6 is 0 Å². The van der Waals surface area contributed by atoms with Gasteiger partial charge in [-0.3, -0.25) is 4.98 Å². The summed E-state index contributed by atoms with van der Waals surface area (Å²) in [6, 6.07) is 12.9. The molecular weight excluding hydrogens is 261 g/mol. The molecule has 112 valence electrons. The number of halogens is 1. The monoisotopic (exact) mass is 285 g/mol. The molecule has 0 bridgehead atoms. The summed E-state index contributed by atoms with van der Waals surface area (Å²) in [5, 5.41) is 0. The maximum absolute atomic E-state index is 13.1. The third-order valence-corrected chi connectivity index (χ3v) is 4.36. The summed E-state index contributed by atoms with van der Waals surface area (Å²) in [6.45, 7) is 8.90. The molecule has 2 heteroatoms. The average molecular weight is 285 g/mol. The highest BCUT2D eigenvalue weighted by atomic mass is 19.1. The van der Waals surface area contributed by atoms with Gasteiger partial charge in [0.1, 0.15) is 5.82 Å². The van der Waals surface area contributed by atoms with Crippen LogP contribution in [0.3, 0.4) is 0 Å². The van der Waals surface area contributed by atoms with Gasteiger partial charge in [-0.25, -0.2) is 4.39 Å². The molecule has 21 heavy (non-hydrogen) atoms. The van der Waals surface area contributed by atoms with E-state index in [0.717, 1.165) is 18.5 Å². The Hall–Kier alpha value is -1.70. The molecule has 0 atom stereocenters. The molecule has 1 nitrogen and oxygen atoms in total. The van der Waals surface area contributed by atoms with E-state index in [0.29, 0.717) is 0 Å². The summed E-state index contributed by atoms with van der Waals surface area (Å²) in [5.74, 6) is -0.177. The molecule has 0 aliphatic heterocycles. The second-order valence-corrected chi connectivity index (χ2v) is 6.99. The third kappa shape index (κ3) is 3.90. The molecule has 0 unspecified atom stereocenters. The van der Waals surface area contributed by atoms with Crippen LogP contribution in [0, 0.1) is 5.82 Å². The molecule has 0 amide bonds. The SMILES string of the molecule is CC(C)(CCC(C)(C)c1ccccn1)c1ccc(F)cc1. The molecule has 0 radical (unpaired) electrons. The van der Waals surface area contributed by atoms with Crippen molar-refractivity contribution in [3.8, 4) is 0 Å². The van der Waals surface area contributed by atoms with E-state index in [-0.39, 0.29) is 16.6 Å². The van der Waals surface area contributed by atoms with Crippen molar-refractivity contribution < 1.29 is 4.39 Å². The van der Waals surface area contributed by atoms with Crippen molar-refractivity contribution in [2.75, 3.05) is 0 Å². The number of hydrogen-bond donors (Lipinski definition) is 0. The van der Waals surface area contributed by atoms with E-state index in [1.807, 2.05) is 30.5 Å². The van der Waals surface area contributed by atoms with Crippen molar-refractivity contribution in [2.45, 2.75) is 51.4 Å². The van der Waals surface area contributed by atoms with Crippen molar-refractivity contribution in [3.05, 3.63) is 65.7 Å². The standard InChI is InChI=1S/C19H24FN/c1-18(2,15-8-10-16(20)11-9-15)12-13-19(3,4)17-7-5-6-14-21-17/h5-11,14H,12-13H2,1-4H3. The van der Waals surface area contributed by atoms with Crippen molar-refractivity contribution >= 4 is 0 Å². The molecule has 0 N–H and O–H groups in total. The lowest BCUT2D eigenvalue weighted by molar-refractivity contribution is 0.369. The van der Waals surface area contributed by atoms with Gasteiger partial charge < -0.3 is 0 Å². The van der Waals surface area contributed by atoms with Gasteiger partial charge in [0.25, 0.3) is 0 Å². The van der Waals surface area contributed by atoms with E-state index >= 15 is 0 Å². The predicted octanol–water partition coefficient (Wildman–Crippen LogP) is 5.26. The molecule has 0 aliphatic rings. The van der Waals surface area contributed by atoms with Crippen LogP contribution in [0.25, 0.3) is 0 Å². The first kappa shape index (κ1) is 15.7. The molecule has 1 heterocycles. The zero-order valence-corrected chi connectivity index (χ0v) is 13.4. The highest BCUT2D eigenvalue weighted by molar-refractivity contribution is 5.24. The zero-order valence-electron chi connectivity index (χ0n) is 13.4. The first-order valence-electron chi connectivity index (χ1n) is 7.49. The predicted molar refractivity (Wildman–Crippen MR) is 85.9 cm³/mol. The molecular formula is C19H24FN. The number of hydrogen-bond acceptors (Lipinski definition) is 1. The maximum atomic E-state index is 13.1. The Bertz CT molecular complexity index is 570. The van der Waals surface area contributed by atoms with Gasteiger partial charge in [0, 0.05) is 17.3 Å². The lowest BCUT2D eigenvalue weighted by Crippen LogP contribution is -2.25. The topological polar surface area (TPSA) is 12.9 Å². The van der Waals surface area contributed by atoms with E-state index in [1.165, 1.54) is 5.56 Å². The molecule has 0 fully saturated rings. The van der Waals surface area contributed by atoms with E-state index < -0.39 is 0 Å². The number of aromatic nitrogens is 1. The van der Waals surface area contributed by atoms with Crippen LogP contribution in [-0.2, 0) is 10.8 Å². The van der Waals surface area contributed by atoms with E-state index in [4.69, 9.17) is 0 Å². The molecule has 2 rings (SSSR count). The average Bonchev–Trinajstić information content (AvgIpc) is 2.47. The maximum Gasteiger partial charge on any atom is 0.123 e. The van der Waals surface area contributed by atoms with Crippen LogP contribution in [0.4, 0.5) is 4.39 Å². The lowest BCUT2D eigenvalue weighted by Gasteiger charge is -2.31. The number of nitrogens with zero attached hydrogens (tertiary/aromatic N) is 1. The van der Waals surface area contributed by atoms with Gasteiger partial charge in [-0.1, -0.05) is 45.9 Å². The van der Waals surface area contributed by atoms with Gasteiger partial charge in [0.05, 0.1) is 0 Å². The van der Waals surface area contributed by atoms with Gasteiger partial charge in [0.15, 0.2) is 0 Å². The normalized spacial score (nSPS) is 12.4. The minimum atomic E-state index is -0.177. The van der Waals surface area contributed by atoms with Gasteiger partial charge in [-0.05, 0) is 48.1 Å². The molecule has 1 aromatic carbocycles. The highest BCUT2D eigenvalue weighted by Gasteiger charge is 2.27. The summed E-state index contributed by atoms with van der Waals surface area (Å²) in [7, 11) is 0. The van der Waals surface area contributed by atoms with Crippen molar-refractivity contribution in [1.82, 2.24) is 4.98 Å². The highest BCUT2D eigenvalue weighted by Crippen LogP contribution is 2.35. The first-order chi connectivity index (χ1) is 9.81. The van der Waals surface area contributed by atoms with Crippen LogP contribution in [0.5, 0.6) is 0 Å². The second kappa shape index (κ2) is 5.97. The van der Waals surface area contributed by atoms with Gasteiger partial charge in [-0.15, -0.1) is 0 Å². The number of pyridine rings is 1. The molecule has 0 aliphatic carbocycles. The fourth-order valence-corrected chi connectivity index (χ4v) is 2.56. The van der Waals surface area contributed by atoms with E-state index in [2.05, 4.69) is 38.7 Å². The van der Waals surface area contributed by atoms with Crippen molar-refractivity contribution in [2.24, 2.45) is 0 Å². The molecule has 1 aromatic heterocycles. The fraction of sp³-hybridized carbons (Fsp3) is 0.421. The minimum Gasteiger partial charge on any atom is -0.261 e. The fourth-order valence-electron chi connectivity index (χ4n) is 2.56. The Labute approximate surface area is 127 Å². The Balaban J connectivity index is 2.09. The largest absolute Gasteiger partial charge is 0.261 e. The summed E-state index contributed by atoms with van der Waals surface area (Å²) in [6.07, 6.45) is 3.92. The van der Waals surface area contributed by atoms with Crippen molar-refractivity contribution in [1.29, 1.82) is 0 Å². The smallest absolute Gasteiger partial charge is 0.123 e. The molecule has 0 saturated heterocycles. The summed E-state index contributed by atoms with van der Waals surface area (Å²) in [4.78, 5) is 4.49. The van der Waals surface area contributed by atoms with Crippen LogP contribution in [0.1, 0.15) is 51.8 Å². The molecule has 2 aromatic rings. The van der Waals surface area contributed by atoms with Crippen LogP contribution < -0.4 is 0 Å². The summed E-state index contributed by atoms with van der Waals surface area (Å²) >= 11 is 0. The summed E-state index contributed by atoms with van der Waals surface area (Å²) in [5.41, 5.74) is 2.37. The minimum absolute atomic E-state index is 0.0275. The third-order valence-electron chi connectivity index (χ3n) is 4.36. The lowest BCUT2D eigenvalue weighted by atomic mass is 9.74. The van der Waals surface area contributed by atoms with Crippen molar-refractivity contribution in [3.63, 3.8) is 0 Å². The first-order valence-corrected chi connectivity index (χ1v) is 7.49. The Morgan fingerprint density at radius 1 is 0.857 bits per heavy atom. The van der Waals surface area contributed by atoms with Gasteiger partial charge >= 0.3 is 0 Å². The quantitative estimate of drug-likeness (QED) is 0.730. The Morgan fingerprint density at radius 2 is 1.48 bits per heavy atom. The Kier molecular flexibility index (Phi) is 4.46. The van der Waals surface area contributed by atoms with Gasteiger partial charge in [-0.2, -0.15) is 0 Å². The van der Waals surface area contributed by atoms with Gasteiger partial charge in [0.2, 0.25) is 0 Å². The van der Waals surface area contributed by atoms with Crippen LogP contribution in [0.15, 0.2) is 48.7 Å². The van der Waals surface area contributed by atoms with Crippen LogP contribution in [-0.4, -0.2) is 4.98 Å². The number of rotatable bonds is 5. The van der Waals surface area contributed by atoms with E-state index in [9.17, 15) is 4.39 Å². The molecule has 0 spiro atoms. The Morgan fingerprint density at radius 3 is 2.05 bits per heavy atom. The zero-order chi connectivity index (χ0) is 15.5. The second-order valence-electron chi connectivity index (χ2n) is 6.99. The summed E-state index contributed by atoms with van der Waals surface area (Å²) < 4.78 is 13.1.